The lowest BCUT2D eigenvalue weighted by atomic mass is 9.84. The molecule has 1 rings (SSSR count). The van der Waals surface area contributed by atoms with E-state index < -0.39 is 11.4 Å². The number of ether oxygens (including phenoxy) is 1. The van der Waals surface area contributed by atoms with Crippen molar-refractivity contribution in [1.82, 2.24) is 0 Å². The Kier molecular flexibility index (Phi) is 4.78. The highest BCUT2D eigenvalue weighted by Crippen LogP contribution is 2.30. The van der Waals surface area contributed by atoms with Crippen molar-refractivity contribution in [1.29, 1.82) is 0 Å². The van der Waals surface area contributed by atoms with Crippen LogP contribution in [0.2, 0.25) is 0 Å². The maximum absolute atomic E-state index is 11.0. The van der Waals surface area contributed by atoms with Crippen LogP contribution in [0.4, 0.5) is 0 Å². The third-order valence-corrected chi connectivity index (χ3v) is 3.60. The van der Waals surface area contributed by atoms with Crippen LogP contribution in [0.25, 0.3) is 0 Å². The first-order chi connectivity index (χ1) is 7.47. The minimum atomic E-state index is -0.781. The monoisotopic (exact) mass is 228 g/mol. The van der Waals surface area contributed by atoms with E-state index in [-0.39, 0.29) is 6.10 Å². The predicted octanol–water partition coefficient (Wildman–Crippen LogP) is 3.08. The zero-order valence-corrected chi connectivity index (χ0v) is 10.7. The summed E-state index contributed by atoms with van der Waals surface area (Å²) in [5, 5.41) is 9.01. The van der Waals surface area contributed by atoms with Crippen LogP contribution in [-0.4, -0.2) is 23.8 Å². The topological polar surface area (TPSA) is 46.5 Å². The molecular weight excluding hydrogens is 204 g/mol. The van der Waals surface area contributed by atoms with Gasteiger partial charge in [-0.15, -0.1) is 0 Å². The summed E-state index contributed by atoms with van der Waals surface area (Å²) in [6.45, 7) is 5.95. The molecule has 16 heavy (non-hydrogen) atoms. The normalized spacial score (nSPS) is 26.7. The van der Waals surface area contributed by atoms with E-state index in [1.54, 1.807) is 13.8 Å². The lowest BCUT2D eigenvalue weighted by Gasteiger charge is -2.33. The number of rotatable bonds is 5. The van der Waals surface area contributed by atoms with Crippen LogP contribution in [0.3, 0.4) is 0 Å². The highest BCUT2D eigenvalue weighted by molar-refractivity contribution is 5.73. The molecule has 2 unspecified atom stereocenters. The van der Waals surface area contributed by atoms with Crippen molar-refractivity contribution in [2.75, 3.05) is 6.61 Å². The van der Waals surface area contributed by atoms with Crippen LogP contribution >= 0.6 is 0 Å². The Labute approximate surface area is 98.2 Å². The van der Waals surface area contributed by atoms with Crippen molar-refractivity contribution in [2.24, 2.45) is 11.3 Å². The van der Waals surface area contributed by atoms with Crippen LogP contribution in [0.5, 0.6) is 0 Å². The molecule has 0 aromatic carbocycles. The summed E-state index contributed by atoms with van der Waals surface area (Å²) in [5.41, 5.74) is -0.768. The lowest BCUT2D eigenvalue weighted by molar-refractivity contribution is -0.153. The molecule has 1 fully saturated rings. The molecule has 94 valence electrons. The summed E-state index contributed by atoms with van der Waals surface area (Å²) >= 11 is 0. The van der Waals surface area contributed by atoms with Crippen LogP contribution in [-0.2, 0) is 9.53 Å². The Bertz CT molecular complexity index is 235. The average Bonchev–Trinajstić information content (AvgIpc) is 2.26. The van der Waals surface area contributed by atoms with Gasteiger partial charge in [-0.3, -0.25) is 4.79 Å². The highest BCUT2D eigenvalue weighted by Gasteiger charge is 2.31. The van der Waals surface area contributed by atoms with E-state index in [4.69, 9.17) is 9.84 Å². The molecule has 0 amide bonds. The summed E-state index contributed by atoms with van der Waals surface area (Å²) < 4.78 is 5.83. The SMILES string of the molecule is CCC1CCCCC1OCC(C)(C)C(=O)O. The standard InChI is InChI=1S/C13H24O3/c1-4-10-7-5-6-8-11(10)16-9-13(2,3)12(14)15/h10-11H,4-9H2,1-3H3,(H,14,15). The van der Waals surface area contributed by atoms with Crippen molar-refractivity contribution in [3.8, 4) is 0 Å². The molecule has 0 aromatic rings. The summed E-state index contributed by atoms with van der Waals surface area (Å²) in [6, 6.07) is 0. The van der Waals surface area contributed by atoms with E-state index in [9.17, 15) is 4.79 Å². The Balaban J connectivity index is 2.43. The largest absolute Gasteiger partial charge is 0.481 e. The van der Waals surface area contributed by atoms with Gasteiger partial charge >= 0.3 is 5.97 Å². The summed E-state index contributed by atoms with van der Waals surface area (Å²) in [5.74, 6) is -0.158. The van der Waals surface area contributed by atoms with Crippen molar-refractivity contribution >= 4 is 5.97 Å². The summed E-state index contributed by atoms with van der Waals surface area (Å²) in [7, 11) is 0. The van der Waals surface area contributed by atoms with E-state index in [1.165, 1.54) is 19.3 Å². The minimum absolute atomic E-state index is 0.275. The van der Waals surface area contributed by atoms with Gasteiger partial charge in [0.05, 0.1) is 18.1 Å². The number of hydrogen-bond donors (Lipinski definition) is 1. The third-order valence-electron chi connectivity index (χ3n) is 3.60. The van der Waals surface area contributed by atoms with Gasteiger partial charge in [-0.2, -0.15) is 0 Å². The maximum Gasteiger partial charge on any atom is 0.311 e. The van der Waals surface area contributed by atoms with Gasteiger partial charge in [0.1, 0.15) is 0 Å². The number of carbonyl (C=O) groups is 1. The molecule has 3 heteroatoms. The highest BCUT2D eigenvalue weighted by atomic mass is 16.5. The van der Waals surface area contributed by atoms with Gasteiger partial charge in [0.15, 0.2) is 0 Å². The van der Waals surface area contributed by atoms with Gasteiger partial charge in [0.25, 0.3) is 0 Å². The van der Waals surface area contributed by atoms with Crippen LogP contribution < -0.4 is 0 Å². The second kappa shape index (κ2) is 5.67. The molecule has 0 radical (unpaired) electrons. The average molecular weight is 228 g/mol. The van der Waals surface area contributed by atoms with Gasteiger partial charge in [0.2, 0.25) is 0 Å². The summed E-state index contributed by atoms with van der Waals surface area (Å²) in [6.07, 6.45) is 6.24. The van der Waals surface area contributed by atoms with Crippen LogP contribution in [0.1, 0.15) is 52.9 Å². The first kappa shape index (κ1) is 13.5. The Morgan fingerprint density at radius 3 is 2.56 bits per heavy atom. The lowest BCUT2D eigenvalue weighted by Crippen LogP contribution is -2.35. The molecule has 0 heterocycles. The Morgan fingerprint density at radius 2 is 2.00 bits per heavy atom. The molecule has 1 N–H and O–H groups in total. The third kappa shape index (κ3) is 3.48. The van der Waals surface area contributed by atoms with Crippen molar-refractivity contribution < 1.29 is 14.6 Å². The van der Waals surface area contributed by atoms with Gasteiger partial charge in [0, 0.05) is 0 Å². The molecular formula is C13H24O3. The number of hydrogen-bond acceptors (Lipinski definition) is 2. The van der Waals surface area contributed by atoms with Crippen LogP contribution in [0, 0.1) is 11.3 Å². The van der Waals surface area contributed by atoms with Crippen molar-refractivity contribution in [3.05, 3.63) is 0 Å². The predicted molar refractivity (Wildman–Crippen MR) is 63.4 cm³/mol. The molecule has 1 aliphatic carbocycles. The molecule has 0 bridgehead atoms. The molecule has 3 nitrogen and oxygen atoms in total. The van der Waals surface area contributed by atoms with Gasteiger partial charge in [-0.25, -0.2) is 0 Å². The Hall–Kier alpha value is -0.570. The van der Waals surface area contributed by atoms with E-state index in [1.807, 2.05) is 0 Å². The van der Waals surface area contributed by atoms with Gasteiger partial charge < -0.3 is 9.84 Å². The first-order valence-corrected chi connectivity index (χ1v) is 6.32. The quantitative estimate of drug-likeness (QED) is 0.786. The summed E-state index contributed by atoms with van der Waals surface area (Å²) in [4.78, 5) is 11.0. The minimum Gasteiger partial charge on any atom is -0.481 e. The van der Waals surface area contributed by atoms with E-state index in [2.05, 4.69) is 6.92 Å². The van der Waals surface area contributed by atoms with Gasteiger partial charge in [-0.05, 0) is 32.6 Å². The second-order valence-corrected chi connectivity index (χ2v) is 5.49. The molecule has 0 aliphatic heterocycles. The Morgan fingerprint density at radius 1 is 1.38 bits per heavy atom. The molecule has 2 atom stereocenters. The fourth-order valence-corrected chi connectivity index (χ4v) is 2.24. The van der Waals surface area contributed by atoms with Gasteiger partial charge in [-0.1, -0.05) is 26.2 Å². The number of carboxylic acids is 1. The smallest absolute Gasteiger partial charge is 0.311 e. The zero-order valence-electron chi connectivity index (χ0n) is 10.7. The molecule has 1 saturated carbocycles. The van der Waals surface area contributed by atoms with Crippen LogP contribution in [0.15, 0.2) is 0 Å². The number of carboxylic acid groups (broad SMARTS) is 1. The zero-order chi connectivity index (χ0) is 12.2. The molecule has 0 aromatic heterocycles. The van der Waals surface area contributed by atoms with Crippen molar-refractivity contribution in [2.45, 2.75) is 59.0 Å². The fourth-order valence-electron chi connectivity index (χ4n) is 2.24. The second-order valence-electron chi connectivity index (χ2n) is 5.49. The fraction of sp³-hybridized carbons (Fsp3) is 0.923. The molecule has 0 saturated heterocycles. The van der Waals surface area contributed by atoms with Crippen molar-refractivity contribution in [3.63, 3.8) is 0 Å². The molecule has 0 spiro atoms. The first-order valence-electron chi connectivity index (χ1n) is 6.32. The van der Waals surface area contributed by atoms with E-state index >= 15 is 0 Å². The number of aliphatic carboxylic acids is 1. The molecule has 1 aliphatic rings. The maximum atomic E-state index is 11.0. The van der Waals surface area contributed by atoms with E-state index in [0.717, 1.165) is 12.8 Å². The van der Waals surface area contributed by atoms with E-state index in [0.29, 0.717) is 12.5 Å².